The maximum Gasteiger partial charge on any atom is 0.0363 e. The molecule has 0 bridgehead atoms. The Morgan fingerprint density at radius 2 is 1.00 bits per heavy atom. The van der Waals surface area contributed by atoms with Gasteiger partial charge in [0.2, 0.25) is 0 Å². The van der Waals surface area contributed by atoms with Crippen molar-refractivity contribution < 1.29 is 15.6 Å². The van der Waals surface area contributed by atoms with E-state index in [1.807, 2.05) is 0 Å². The van der Waals surface area contributed by atoms with Crippen molar-refractivity contribution in [2.24, 2.45) is 0 Å². The summed E-state index contributed by atoms with van der Waals surface area (Å²) in [4.78, 5) is 0. The lowest BCUT2D eigenvalue weighted by Crippen LogP contribution is -2.32. The number of hydrogen-bond acceptors (Lipinski definition) is 7. The SMILES string of the molecule is ON1CCCNCCN(O)CCCN(O)CCC1. The fourth-order valence-corrected chi connectivity index (χ4v) is 1.93. The topological polar surface area (TPSA) is 82.4 Å². The molecule has 4 N–H and O–H groups in total. The number of nitrogens with zero attached hydrogens (tertiary/aromatic N) is 3. The van der Waals surface area contributed by atoms with E-state index in [0.717, 1.165) is 32.4 Å². The molecule has 0 atom stereocenters. The largest absolute Gasteiger partial charge is 0.315 e. The first kappa shape index (κ1) is 15.8. The molecule has 0 aromatic rings. The van der Waals surface area contributed by atoms with Crippen LogP contribution in [0.2, 0.25) is 0 Å². The van der Waals surface area contributed by atoms with E-state index >= 15 is 0 Å². The van der Waals surface area contributed by atoms with Gasteiger partial charge in [-0.25, -0.2) is 0 Å². The van der Waals surface area contributed by atoms with Crippen LogP contribution in [0.4, 0.5) is 0 Å². The van der Waals surface area contributed by atoms with E-state index in [-0.39, 0.29) is 0 Å². The van der Waals surface area contributed by atoms with E-state index in [9.17, 15) is 15.6 Å². The van der Waals surface area contributed by atoms with Crippen molar-refractivity contribution in [3.8, 4) is 0 Å². The third-order valence-electron chi connectivity index (χ3n) is 2.98. The van der Waals surface area contributed by atoms with Crippen LogP contribution in [0.15, 0.2) is 0 Å². The summed E-state index contributed by atoms with van der Waals surface area (Å²) in [7, 11) is 0. The second-order valence-electron chi connectivity index (χ2n) is 4.67. The summed E-state index contributed by atoms with van der Waals surface area (Å²) in [5, 5.41) is 35.7. The fraction of sp³-hybridized carbons (Fsp3) is 1.00. The van der Waals surface area contributed by atoms with Crippen LogP contribution in [0, 0.1) is 0 Å². The van der Waals surface area contributed by atoms with E-state index in [0.29, 0.717) is 39.3 Å². The Hall–Kier alpha value is -0.280. The Balaban J connectivity index is 2.28. The molecule has 18 heavy (non-hydrogen) atoms. The third-order valence-corrected chi connectivity index (χ3v) is 2.98. The zero-order chi connectivity index (χ0) is 13.2. The lowest BCUT2D eigenvalue weighted by atomic mass is 10.3. The normalized spacial score (nSPS) is 25.5. The van der Waals surface area contributed by atoms with Crippen LogP contribution in [0.1, 0.15) is 19.3 Å². The van der Waals surface area contributed by atoms with Gasteiger partial charge in [-0.3, -0.25) is 0 Å². The van der Waals surface area contributed by atoms with Gasteiger partial charge in [0.15, 0.2) is 0 Å². The van der Waals surface area contributed by atoms with Gasteiger partial charge in [-0.15, -0.1) is 0 Å². The molecule has 1 heterocycles. The van der Waals surface area contributed by atoms with Gasteiger partial charge >= 0.3 is 0 Å². The van der Waals surface area contributed by atoms with Crippen molar-refractivity contribution in [3.63, 3.8) is 0 Å². The lowest BCUT2D eigenvalue weighted by Gasteiger charge is -2.18. The van der Waals surface area contributed by atoms with E-state index in [1.54, 1.807) is 0 Å². The Morgan fingerprint density at radius 3 is 1.56 bits per heavy atom. The third kappa shape index (κ3) is 7.93. The molecule has 0 unspecified atom stereocenters. The Kier molecular flexibility index (Phi) is 8.44. The predicted molar refractivity (Wildman–Crippen MR) is 66.8 cm³/mol. The summed E-state index contributed by atoms with van der Waals surface area (Å²) in [6, 6.07) is 0. The standard InChI is InChI=1S/C11H26N4O3/c16-13-6-1-4-12-5-11-15(18)10-3-9-14(17)8-2-7-13/h12,16-18H,1-11H2. The quantitative estimate of drug-likeness (QED) is 0.482. The molecule has 1 aliphatic rings. The highest BCUT2D eigenvalue weighted by molar-refractivity contribution is 4.57. The first-order chi connectivity index (χ1) is 8.68. The van der Waals surface area contributed by atoms with Crippen molar-refractivity contribution in [1.29, 1.82) is 0 Å². The minimum Gasteiger partial charge on any atom is -0.315 e. The summed E-state index contributed by atoms with van der Waals surface area (Å²) in [6.07, 6.45) is 2.31. The molecule has 1 aliphatic heterocycles. The average Bonchev–Trinajstić information content (AvgIpc) is 2.33. The summed E-state index contributed by atoms with van der Waals surface area (Å²) < 4.78 is 0. The van der Waals surface area contributed by atoms with Gasteiger partial charge in [-0.05, 0) is 25.8 Å². The van der Waals surface area contributed by atoms with Gasteiger partial charge in [0.25, 0.3) is 0 Å². The molecule has 0 amide bonds. The minimum atomic E-state index is 0.538. The van der Waals surface area contributed by atoms with Crippen molar-refractivity contribution in [3.05, 3.63) is 0 Å². The van der Waals surface area contributed by atoms with Gasteiger partial charge < -0.3 is 20.9 Å². The Labute approximate surface area is 108 Å². The number of rotatable bonds is 0. The number of nitrogens with one attached hydrogen (secondary N) is 1. The van der Waals surface area contributed by atoms with E-state index in [2.05, 4.69) is 5.32 Å². The smallest absolute Gasteiger partial charge is 0.0363 e. The molecule has 0 aromatic carbocycles. The average molecular weight is 262 g/mol. The minimum absolute atomic E-state index is 0.538. The molecule has 7 heteroatoms. The highest BCUT2D eigenvalue weighted by Gasteiger charge is 2.06. The molecular formula is C11H26N4O3. The van der Waals surface area contributed by atoms with Crippen molar-refractivity contribution in [1.82, 2.24) is 20.5 Å². The highest BCUT2D eigenvalue weighted by Crippen LogP contribution is 1.96. The summed E-state index contributed by atoms with van der Waals surface area (Å²) >= 11 is 0. The molecule has 108 valence electrons. The second-order valence-corrected chi connectivity index (χ2v) is 4.67. The Bertz CT molecular complexity index is 189. The van der Waals surface area contributed by atoms with Crippen molar-refractivity contribution in [2.75, 3.05) is 52.4 Å². The molecule has 1 fully saturated rings. The van der Waals surface area contributed by atoms with Gasteiger partial charge in [0, 0.05) is 45.8 Å². The monoisotopic (exact) mass is 262 g/mol. The lowest BCUT2D eigenvalue weighted by molar-refractivity contribution is -0.122. The van der Waals surface area contributed by atoms with Gasteiger partial charge in [-0.2, -0.15) is 15.2 Å². The van der Waals surface area contributed by atoms with E-state index < -0.39 is 0 Å². The molecule has 7 nitrogen and oxygen atoms in total. The molecule has 0 saturated carbocycles. The number of hydrogen-bond donors (Lipinski definition) is 4. The maximum atomic E-state index is 9.57. The summed E-state index contributed by atoms with van der Waals surface area (Å²) in [5.41, 5.74) is 0. The van der Waals surface area contributed by atoms with Crippen LogP contribution >= 0.6 is 0 Å². The molecule has 0 spiro atoms. The van der Waals surface area contributed by atoms with Crippen LogP contribution in [0.25, 0.3) is 0 Å². The Morgan fingerprint density at radius 1 is 0.556 bits per heavy atom. The molecule has 0 radical (unpaired) electrons. The van der Waals surface area contributed by atoms with Gasteiger partial charge in [0.05, 0.1) is 0 Å². The van der Waals surface area contributed by atoms with Crippen molar-refractivity contribution >= 4 is 0 Å². The van der Waals surface area contributed by atoms with Gasteiger partial charge in [-0.1, -0.05) is 0 Å². The highest BCUT2D eigenvalue weighted by atomic mass is 16.5. The molecule has 0 aromatic heterocycles. The summed E-state index contributed by atoms with van der Waals surface area (Å²) in [5.74, 6) is 0. The van der Waals surface area contributed by atoms with Crippen LogP contribution in [0.5, 0.6) is 0 Å². The molecule has 0 aliphatic carbocycles. The molecule has 1 saturated heterocycles. The zero-order valence-corrected chi connectivity index (χ0v) is 11.0. The fourth-order valence-electron chi connectivity index (χ4n) is 1.93. The van der Waals surface area contributed by atoms with Crippen LogP contribution in [-0.4, -0.2) is 83.2 Å². The predicted octanol–water partition coefficient (Wildman–Crippen LogP) is -0.166. The van der Waals surface area contributed by atoms with Crippen LogP contribution in [-0.2, 0) is 0 Å². The molecule has 1 rings (SSSR count). The first-order valence-corrected chi connectivity index (χ1v) is 6.70. The first-order valence-electron chi connectivity index (χ1n) is 6.70. The maximum absolute atomic E-state index is 9.57. The number of hydroxylamine groups is 6. The van der Waals surface area contributed by atoms with E-state index in [4.69, 9.17) is 0 Å². The van der Waals surface area contributed by atoms with E-state index in [1.165, 1.54) is 15.2 Å². The zero-order valence-electron chi connectivity index (χ0n) is 11.0. The van der Waals surface area contributed by atoms with Gasteiger partial charge in [0.1, 0.15) is 0 Å². The van der Waals surface area contributed by atoms with Crippen LogP contribution in [0.3, 0.4) is 0 Å². The van der Waals surface area contributed by atoms with Crippen molar-refractivity contribution in [2.45, 2.75) is 19.3 Å². The second kappa shape index (κ2) is 9.62. The molecular weight excluding hydrogens is 236 g/mol. The van der Waals surface area contributed by atoms with Crippen LogP contribution < -0.4 is 5.32 Å². The summed E-state index contributed by atoms with van der Waals surface area (Å²) in [6.45, 7) is 4.97.